The maximum atomic E-state index is 12.1. The highest BCUT2D eigenvalue weighted by molar-refractivity contribution is 5.90. The van der Waals surface area contributed by atoms with Gasteiger partial charge in [0.1, 0.15) is 12.4 Å². The van der Waals surface area contributed by atoms with Gasteiger partial charge in [-0.25, -0.2) is 0 Å². The van der Waals surface area contributed by atoms with E-state index >= 15 is 0 Å². The van der Waals surface area contributed by atoms with Crippen molar-refractivity contribution in [1.82, 2.24) is 0 Å². The Bertz CT molecular complexity index is 337. The quantitative estimate of drug-likeness (QED) is 0.724. The van der Waals surface area contributed by atoms with E-state index in [0.717, 1.165) is 12.8 Å². The number of ether oxygens (including phenoxy) is 1. The van der Waals surface area contributed by atoms with Crippen molar-refractivity contribution in [3.63, 3.8) is 0 Å². The van der Waals surface area contributed by atoms with Crippen molar-refractivity contribution in [2.45, 2.75) is 33.1 Å². The Hall–Kier alpha value is -0.900. The third-order valence-corrected chi connectivity index (χ3v) is 4.79. The fourth-order valence-corrected chi connectivity index (χ4v) is 3.37. The van der Waals surface area contributed by atoms with Crippen LogP contribution in [0.1, 0.15) is 33.1 Å². The molecule has 0 aromatic heterocycles. The van der Waals surface area contributed by atoms with Gasteiger partial charge in [0, 0.05) is 6.42 Å². The van der Waals surface area contributed by atoms with Gasteiger partial charge in [0.25, 0.3) is 0 Å². The lowest BCUT2D eigenvalue weighted by atomic mass is 9.69. The van der Waals surface area contributed by atoms with Crippen LogP contribution in [-0.4, -0.2) is 24.9 Å². The Balaban J connectivity index is 2.16. The molecule has 0 aromatic carbocycles. The highest BCUT2D eigenvalue weighted by Gasteiger charge is 2.64. The lowest BCUT2D eigenvalue weighted by Gasteiger charge is -2.35. The Kier molecular flexibility index (Phi) is 2.57. The number of esters is 1. The van der Waals surface area contributed by atoms with Crippen molar-refractivity contribution in [2.24, 2.45) is 22.5 Å². The van der Waals surface area contributed by atoms with E-state index < -0.39 is 11.4 Å². The summed E-state index contributed by atoms with van der Waals surface area (Å²) >= 11 is 0. The maximum Gasteiger partial charge on any atom is 0.319 e. The van der Waals surface area contributed by atoms with Gasteiger partial charge in [-0.05, 0) is 24.2 Å². The highest BCUT2D eigenvalue weighted by atomic mass is 16.5. The maximum absolute atomic E-state index is 12.1. The summed E-state index contributed by atoms with van der Waals surface area (Å²) in [7, 11) is 0. The first-order chi connectivity index (χ1) is 7.44. The van der Waals surface area contributed by atoms with Crippen LogP contribution in [0, 0.1) is 16.7 Å². The number of nitrogens with two attached hydrogens (primary N) is 1. The molecule has 0 aliphatic heterocycles. The molecular weight excluding hydrogens is 206 g/mol. The van der Waals surface area contributed by atoms with E-state index in [1.54, 1.807) is 0 Å². The largest absolute Gasteiger partial charge is 0.464 e. The average molecular weight is 225 g/mol. The molecule has 2 rings (SSSR count). The smallest absolute Gasteiger partial charge is 0.319 e. The molecule has 2 unspecified atom stereocenters. The van der Waals surface area contributed by atoms with Crippen LogP contribution < -0.4 is 5.73 Å². The van der Waals surface area contributed by atoms with E-state index in [0.29, 0.717) is 12.3 Å². The van der Waals surface area contributed by atoms with E-state index in [4.69, 9.17) is 10.5 Å². The zero-order valence-electron chi connectivity index (χ0n) is 9.91. The fraction of sp³-hybridized carbons (Fsp3) is 0.833. The Morgan fingerprint density at radius 1 is 1.56 bits per heavy atom. The van der Waals surface area contributed by atoms with Gasteiger partial charge in [0.15, 0.2) is 0 Å². The first-order valence-electron chi connectivity index (χ1n) is 5.83. The van der Waals surface area contributed by atoms with Crippen LogP contribution in [-0.2, 0) is 14.3 Å². The minimum Gasteiger partial charge on any atom is -0.464 e. The molecule has 0 radical (unpaired) electrons. The van der Waals surface area contributed by atoms with E-state index in [9.17, 15) is 9.59 Å². The molecule has 0 heterocycles. The lowest BCUT2D eigenvalue weighted by Crippen LogP contribution is -2.41. The lowest BCUT2D eigenvalue weighted by molar-refractivity contribution is -0.150. The Morgan fingerprint density at radius 2 is 2.25 bits per heavy atom. The first kappa shape index (κ1) is 11.6. The predicted molar refractivity (Wildman–Crippen MR) is 58.6 cm³/mol. The minimum atomic E-state index is -0.442. The summed E-state index contributed by atoms with van der Waals surface area (Å²) in [6.07, 6.45) is 2.56. The summed E-state index contributed by atoms with van der Waals surface area (Å²) in [6, 6.07) is 0. The summed E-state index contributed by atoms with van der Waals surface area (Å²) in [5.74, 6) is 0.295. The van der Waals surface area contributed by atoms with Gasteiger partial charge in [0.2, 0.25) is 0 Å². The number of Topliss-reactive ketones (excluding diaryl/α,β-unsaturated/α-hetero) is 1. The number of rotatable bonds is 3. The van der Waals surface area contributed by atoms with Crippen LogP contribution in [0.2, 0.25) is 0 Å². The summed E-state index contributed by atoms with van der Waals surface area (Å²) in [4.78, 5) is 23.2. The zero-order valence-corrected chi connectivity index (χ0v) is 9.91. The van der Waals surface area contributed by atoms with Crippen molar-refractivity contribution in [3.8, 4) is 0 Å². The topological polar surface area (TPSA) is 69.4 Å². The molecule has 0 aromatic rings. The zero-order chi connectivity index (χ0) is 12.0. The van der Waals surface area contributed by atoms with Crippen molar-refractivity contribution < 1.29 is 14.3 Å². The molecule has 2 bridgehead atoms. The van der Waals surface area contributed by atoms with E-state index in [1.165, 1.54) is 0 Å². The molecule has 90 valence electrons. The van der Waals surface area contributed by atoms with E-state index in [2.05, 4.69) is 13.8 Å². The average Bonchev–Trinajstić information content (AvgIpc) is 2.59. The van der Waals surface area contributed by atoms with Crippen LogP contribution in [0.15, 0.2) is 0 Å². The second-order valence-electron chi connectivity index (χ2n) is 5.53. The van der Waals surface area contributed by atoms with Crippen molar-refractivity contribution in [1.29, 1.82) is 0 Å². The van der Waals surface area contributed by atoms with Gasteiger partial charge in [-0.1, -0.05) is 13.8 Å². The molecule has 0 spiro atoms. The third-order valence-electron chi connectivity index (χ3n) is 4.79. The Labute approximate surface area is 95.5 Å². The molecule has 2 N–H and O–H groups in total. The number of fused-ring (bicyclic) bond motifs is 2. The van der Waals surface area contributed by atoms with Crippen molar-refractivity contribution in [3.05, 3.63) is 0 Å². The molecule has 4 heteroatoms. The van der Waals surface area contributed by atoms with Crippen LogP contribution in [0.25, 0.3) is 0 Å². The summed E-state index contributed by atoms with van der Waals surface area (Å²) in [5, 5.41) is 0. The summed E-state index contributed by atoms with van der Waals surface area (Å²) < 4.78 is 5.12. The van der Waals surface area contributed by atoms with Gasteiger partial charge in [-0.2, -0.15) is 0 Å². The van der Waals surface area contributed by atoms with Gasteiger partial charge >= 0.3 is 5.97 Å². The highest BCUT2D eigenvalue weighted by Crippen LogP contribution is 2.63. The van der Waals surface area contributed by atoms with Crippen LogP contribution >= 0.6 is 0 Å². The van der Waals surface area contributed by atoms with Crippen LogP contribution in [0.5, 0.6) is 0 Å². The molecule has 4 nitrogen and oxygen atoms in total. The molecule has 2 fully saturated rings. The van der Waals surface area contributed by atoms with Gasteiger partial charge in [0.05, 0.1) is 12.0 Å². The molecule has 0 amide bonds. The van der Waals surface area contributed by atoms with Gasteiger partial charge in [-0.3, -0.25) is 9.59 Å². The number of carbonyl (C=O) groups is 2. The van der Waals surface area contributed by atoms with E-state index in [1.807, 2.05) is 0 Å². The molecule has 2 atom stereocenters. The van der Waals surface area contributed by atoms with Crippen LogP contribution in [0.4, 0.5) is 0 Å². The van der Waals surface area contributed by atoms with Gasteiger partial charge in [-0.15, -0.1) is 0 Å². The fourth-order valence-electron chi connectivity index (χ4n) is 3.37. The number of hydrogen-bond acceptors (Lipinski definition) is 4. The minimum absolute atomic E-state index is 0.0427. The molecule has 2 saturated carbocycles. The summed E-state index contributed by atoms with van der Waals surface area (Å²) in [5.41, 5.74) is 4.71. The second-order valence-corrected chi connectivity index (χ2v) is 5.53. The van der Waals surface area contributed by atoms with Crippen molar-refractivity contribution >= 4 is 11.8 Å². The van der Waals surface area contributed by atoms with Gasteiger partial charge < -0.3 is 10.5 Å². The van der Waals surface area contributed by atoms with Crippen LogP contribution in [0.3, 0.4) is 0 Å². The summed E-state index contributed by atoms with van der Waals surface area (Å²) in [6.45, 7) is 4.33. The molecule has 0 saturated heterocycles. The van der Waals surface area contributed by atoms with E-state index in [-0.39, 0.29) is 24.3 Å². The number of carbonyl (C=O) groups excluding carboxylic acids is 2. The Morgan fingerprint density at radius 3 is 2.69 bits per heavy atom. The normalized spacial score (nSPS) is 35.4. The molecule has 16 heavy (non-hydrogen) atoms. The molecule has 2 aliphatic carbocycles. The SMILES string of the molecule is CC1(C)C2CCC1(COC(=O)CN)C(=O)C2. The monoisotopic (exact) mass is 225 g/mol. The molecule has 2 aliphatic rings. The first-order valence-corrected chi connectivity index (χ1v) is 5.83. The number of ketones is 1. The predicted octanol–water partition coefficient (Wildman–Crippen LogP) is 0.884. The molecular formula is C12H19NO3. The second kappa shape index (κ2) is 3.55. The standard InChI is InChI=1S/C12H19NO3/c1-11(2)8-3-4-12(11,9(14)5-8)7-16-10(15)6-13/h8H,3-7,13H2,1-2H3. The number of hydrogen-bond donors (Lipinski definition) is 1. The van der Waals surface area contributed by atoms with Crippen molar-refractivity contribution in [2.75, 3.05) is 13.2 Å². The third kappa shape index (κ3) is 1.32.